The summed E-state index contributed by atoms with van der Waals surface area (Å²) in [7, 11) is 1.41. The number of nitrogens with zero attached hydrogens (tertiary/aromatic N) is 6. The van der Waals surface area contributed by atoms with Gasteiger partial charge in [0.2, 0.25) is 0 Å². The third-order valence-electron chi connectivity index (χ3n) is 8.63. The van der Waals surface area contributed by atoms with E-state index in [0.29, 0.717) is 11.4 Å². The number of phenolic OH excluding ortho intramolecular Hbond substituents is 1. The first kappa shape index (κ1) is 31.2. The van der Waals surface area contributed by atoms with Crippen LogP contribution in [0.1, 0.15) is 50.9 Å². The molecular formula is C32H31ClF2N6O5. The Morgan fingerprint density at radius 3 is 2.24 bits per heavy atom. The number of aromatic nitrogens is 3. The van der Waals surface area contributed by atoms with Crippen molar-refractivity contribution in [2.75, 3.05) is 36.5 Å². The summed E-state index contributed by atoms with van der Waals surface area (Å²) in [5.41, 5.74) is -0.786. The number of carbonyl (C=O) groups is 2. The molecule has 0 spiro atoms. The fraction of sp³-hybridized carbons (Fsp3) is 0.344. The molecule has 2 aromatic heterocycles. The highest BCUT2D eigenvalue weighted by molar-refractivity contribution is 6.35. The topological polar surface area (TPSA) is 132 Å². The Labute approximate surface area is 267 Å². The molecule has 0 aliphatic carbocycles. The molecule has 1 fully saturated rings. The lowest BCUT2D eigenvalue weighted by atomic mass is 9.95. The predicted octanol–water partition coefficient (Wildman–Crippen LogP) is 5.48. The van der Waals surface area contributed by atoms with Gasteiger partial charge in [0.1, 0.15) is 29.6 Å². The van der Waals surface area contributed by atoms with Crippen LogP contribution in [0.2, 0.25) is 5.02 Å². The highest BCUT2D eigenvalue weighted by atomic mass is 35.5. The SMILES string of the molecule is CC(C)c1ncnc(C(C)C)c1-n1c(=O)c2c(c3cc(Cl)c(-c4c(O)cccc4F)c(F)c31)N1CCN(C(=O)O)C[C@@H]1C(=O)N2C. The number of anilines is 2. The maximum absolute atomic E-state index is 17.4. The van der Waals surface area contributed by atoms with Gasteiger partial charge in [-0.15, -0.1) is 0 Å². The number of pyridine rings is 1. The lowest BCUT2D eigenvalue weighted by molar-refractivity contribution is -0.120. The number of carbonyl (C=O) groups excluding carboxylic acids is 1. The zero-order valence-corrected chi connectivity index (χ0v) is 26.4. The Morgan fingerprint density at radius 1 is 1.00 bits per heavy atom. The first-order valence-corrected chi connectivity index (χ1v) is 15.1. The summed E-state index contributed by atoms with van der Waals surface area (Å²) in [6, 6.07) is 3.90. The van der Waals surface area contributed by atoms with Crippen LogP contribution in [0.25, 0.3) is 27.7 Å². The molecule has 0 bridgehead atoms. The molecule has 0 saturated carbocycles. The second kappa shape index (κ2) is 11.2. The van der Waals surface area contributed by atoms with Crippen molar-refractivity contribution in [3.63, 3.8) is 0 Å². The van der Waals surface area contributed by atoms with Gasteiger partial charge in [-0.1, -0.05) is 45.4 Å². The minimum absolute atomic E-state index is 0.0196. The normalized spacial score (nSPS) is 16.4. The number of piperazine rings is 1. The number of rotatable bonds is 4. The highest BCUT2D eigenvalue weighted by Crippen LogP contribution is 2.47. The van der Waals surface area contributed by atoms with Gasteiger partial charge in [-0.05, 0) is 30.0 Å². The van der Waals surface area contributed by atoms with Crippen LogP contribution < -0.4 is 15.4 Å². The van der Waals surface area contributed by atoms with E-state index in [1.807, 2.05) is 27.7 Å². The molecule has 2 N–H and O–H groups in total. The average Bonchev–Trinajstić information content (AvgIpc) is 3.00. The second-order valence-electron chi connectivity index (χ2n) is 12.1. The van der Waals surface area contributed by atoms with E-state index >= 15 is 8.78 Å². The van der Waals surface area contributed by atoms with Crippen molar-refractivity contribution < 1.29 is 28.6 Å². The van der Waals surface area contributed by atoms with Gasteiger partial charge in [-0.2, -0.15) is 0 Å². The molecule has 2 amide bonds. The van der Waals surface area contributed by atoms with Crippen molar-refractivity contribution in [1.29, 1.82) is 0 Å². The smallest absolute Gasteiger partial charge is 0.407 e. The number of aromatic hydroxyl groups is 1. The summed E-state index contributed by atoms with van der Waals surface area (Å²) in [6.07, 6.45) is 0.175. The molecule has 6 rings (SSSR count). The van der Waals surface area contributed by atoms with Gasteiger partial charge in [-0.3, -0.25) is 14.2 Å². The van der Waals surface area contributed by atoms with E-state index in [4.69, 9.17) is 11.6 Å². The average molecular weight is 653 g/mol. The Balaban J connectivity index is 1.83. The Hall–Kier alpha value is -4.78. The Morgan fingerprint density at radius 2 is 1.65 bits per heavy atom. The van der Waals surface area contributed by atoms with Crippen LogP contribution in [-0.2, 0) is 4.79 Å². The molecule has 1 saturated heterocycles. The molecule has 11 nitrogen and oxygen atoms in total. The van der Waals surface area contributed by atoms with Crippen LogP contribution in [0.3, 0.4) is 0 Å². The number of hydrogen-bond donors (Lipinski definition) is 2. The quantitative estimate of drug-likeness (QED) is 0.296. The van der Waals surface area contributed by atoms with E-state index in [0.717, 1.165) is 20.4 Å². The van der Waals surface area contributed by atoms with Gasteiger partial charge in [-0.25, -0.2) is 23.5 Å². The van der Waals surface area contributed by atoms with Gasteiger partial charge in [0.15, 0.2) is 5.82 Å². The minimum atomic E-state index is -1.20. The molecule has 46 heavy (non-hydrogen) atoms. The van der Waals surface area contributed by atoms with Crippen molar-refractivity contribution in [3.05, 3.63) is 69.0 Å². The predicted molar refractivity (Wildman–Crippen MR) is 169 cm³/mol. The minimum Gasteiger partial charge on any atom is -0.507 e. The van der Waals surface area contributed by atoms with E-state index in [-0.39, 0.29) is 64.5 Å². The van der Waals surface area contributed by atoms with Crippen molar-refractivity contribution >= 4 is 45.9 Å². The highest BCUT2D eigenvalue weighted by Gasteiger charge is 2.45. The summed E-state index contributed by atoms with van der Waals surface area (Å²) in [4.78, 5) is 53.2. The molecule has 4 aromatic rings. The number of halogens is 3. The van der Waals surface area contributed by atoms with Gasteiger partial charge in [0.05, 0.1) is 45.4 Å². The molecule has 2 aliphatic heterocycles. The number of likely N-dealkylation sites (N-methyl/N-ethyl adjacent to an activating group) is 1. The number of phenols is 1. The third-order valence-corrected chi connectivity index (χ3v) is 8.93. The van der Waals surface area contributed by atoms with Crippen molar-refractivity contribution in [1.82, 2.24) is 19.4 Å². The van der Waals surface area contributed by atoms with Gasteiger partial charge in [0.25, 0.3) is 11.5 Å². The Kier molecular flexibility index (Phi) is 7.62. The van der Waals surface area contributed by atoms with Crippen LogP contribution in [0.5, 0.6) is 5.75 Å². The van der Waals surface area contributed by atoms with E-state index in [1.54, 1.807) is 4.90 Å². The van der Waals surface area contributed by atoms with Crippen LogP contribution >= 0.6 is 11.6 Å². The van der Waals surface area contributed by atoms with E-state index in [1.165, 1.54) is 31.6 Å². The zero-order chi connectivity index (χ0) is 33.4. The number of fused-ring (bicyclic) bond motifs is 5. The van der Waals surface area contributed by atoms with Crippen molar-refractivity contribution in [2.45, 2.75) is 45.6 Å². The molecule has 4 heterocycles. The van der Waals surface area contributed by atoms with Gasteiger partial charge in [0, 0.05) is 31.1 Å². The molecule has 0 radical (unpaired) electrons. The third kappa shape index (κ3) is 4.55. The van der Waals surface area contributed by atoms with Gasteiger partial charge >= 0.3 is 6.09 Å². The van der Waals surface area contributed by atoms with E-state index in [2.05, 4.69) is 9.97 Å². The second-order valence-corrected chi connectivity index (χ2v) is 12.5. The number of hydrogen-bond acceptors (Lipinski definition) is 7. The van der Waals surface area contributed by atoms with Crippen LogP contribution in [-0.4, -0.2) is 74.4 Å². The lowest BCUT2D eigenvalue weighted by Gasteiger charge is -2.47. The zero-order valence-electron chi connectivity index (χ0n) is 25.7. The summed E-state index contributed by atoms with van der Waals surface area (Å²) < 4.78 is 33.7. The summed E-state index contributed by atoms with van der Waals surface area (Å²) in [6.45, 7) is 7.31. The molecule has 14 heteroatoms. The fourth-order valence-corrected chi connectivity index (χ4v) is 6.78. The molecule has 2 aromatic carbocycles. The molecule has 2 aliphatic rings. The summed E-state index contributed by atoms with van der Waals surface area (Å²) in [5, 5.41) is 20.2. The number of amides is 2. The summed E-state index contributed by atoms with van der Waals surface area (Å²) >= 11 is 6.72. The van der Waals surface area contributed by atoms with E-state index < -0.39 is 52.1 Å². The fourth-order valence-electron chi connectivity index (χ4n) is 6.49. The lowest BCUT2D eigenvalue weighted by Crippen LogP contribution is -2.63. The monoisotopic (exact) mass is 652 g/mol. The number of benzene rings is 2. The maximum Gasteiger partial charge on any atom is 0.407 e. The van der Waals surface area contributed by atoms with Crippen LogP contribution in [0.4, 0.5) is 25.0 Å². The standard InChI is InChI=1S/C32H31ClF2N6O5/c1-14(2)24-28(25(15(3)4)37-13-36-24)41-26-16(11-17(33)21(23(26)35)22-18(34)7-6-8-20(22)42)27-29(31(41)44)38(5)30(43)19-12-39(32(45)46)9-10-40(19)27/h6-8,11,13-15,19,42H,9-10,12H2,1-5H3,(H,45,46)/t19-/m1/s1. The van der Waals surface area contributed by atoms with Crippen molar-refractivity contribution in [2.24, 2.45) is 0 Å². The molecule has 0 unspecified atom stereocenters. The van der Waals surface area contributed by atoms with Crippen LogP contribution in [0.15, 0.2) is 35.4 Å². The first-order valence-electron chi connectivity index (χ1n) is 14.7. The number of carboxylic acid groups (broad SMARTS) is 1. The van der Waals surface area contributed by atoms with Gasteiger partial charge < -0.3 is 24.9 Å². The molecular weight excluding hydrogens is 622 g/mol. The first-order chi connectivity index (χ1) is 21.8. The van der Waals surface area contributed by atoms with E-state index in [9.17, 15) is 24.6 Å². The molecule has 240 valence electrons. The van der Waals surface area contributed by atoms with Crippen molar-refractivity contribution in [3.8, 4) is 22.6 Å². The largest absolute Gasteiger partial charge is 0.507 e. The molecule has 1 atom stereocenters. The Bertz CT molecular complexity index is 1970. The maximum atomic E-state index is 17.4. The summed E-state index contributed by atoms with van der Waals surface area (Å²) in [5.74, 6) is -3.61. The van der Waals surface area contributed by atoms with Crippen LogP contribution in [0, 0.1) is 11.6 Å².